The van der Waals surface area contributed by atoms with Gasteiger partial charge in [0.15, 0.2) is 0 Å². The van der Waals surface area contributed by atoms with Crippen molar-refractivity contribution in [1.82, 2.24) is 14.9 Å². The quantitative estimate of drug-likeness (QED) is 0.680. The highest BCUT2D eigenvalue weighted by Gasteiger charge is 2.00. The minimum Gasteiger partial charge on any atom is -0.493 e. The number of ether oxygens (including phenoxy) is 1. The first-order valence-corrected chi connectivity index (χ1v) is 6.06. The Bertz CT molecular complexity index is 677. The summed E-state index contributed by atoms with van der Waals surface area (Å²) in [6.07, 6.45) is 2.64. The Labute approximate surface area is 114 Å². The van der Waals surface area contributed by atoms with Crippen molar-refractivity contribution in [3.63, 3.8) is 0 Å². The molecule has 0 fully saturated rings. The first-order valence-electron chi connectivity index (χ1n) is 5.65. The maximum absolute atomic E-state index is 11.5. The molecule has 0 amide bonds. The molecule has 1 N–H and O–H groups in total. The van der Waals surface area contributed by atoms with Crippen LogP contribution in [0, 0.1) is 4.77 Å². The minimum atomic E-state index is -0.395. The van der Waals surface area contributed by atoms with Crippen LogP contribution in [-0.2, 0) is 0 Å². The van der Waals surface area contributed by atoms with Gasteiger partial charge in [-0.15, -0.1) is 0 Å². The monoisotopic (exact) mass is 276 g/mol. The van der Waals surface area contributed by atoms with Gasteiger partial charge in [-0.05, 0) is 31.3 Å². The molecular formula is C12H12N4O2S. The largest absolute Gasteiger partial charge is 0.493 e. The van der Waals surface area contributed by atoms with E-state index >= 15 is 0 Å². The minimum absolute atomic E-state index is 0.137. The number of aromatic amines is 1. The van der Waals surface area contributed by atoms with Crippen molar-refractivity contribution in [3.05, 3.63) is 51.2 Å². The fourth-order valence-electron chi connectivity index (χ4n) is 1.45. The van der Waals surface area contributed by atoms with Crippen LogP contribution in [0.15, 0.2) is 40.4 Å². The Morgan fingerprint density at radius 2 is 2.32 bits per heavy atom. The second-order valence-corrected chi connectivity index (χ2v) is 3.93. The Hall–Kier alpha value is -2.28. The summed E-state index contributed by atoms with van der Waals surface area (Å²) in [5, 5.41) is 10.1. The summed E-state index contributed by atoms with van der Waals surface area (Å²) in [5.41, 5.74) is 0.372. The molecule has 0 spiro atoms. The number of hydrogen-bond donors (Lipinski definition) is 1. The molecule has 1 aromatic heterocycles. The van der Waals surface area contributed by atoms with Gasteiger partial charge in [0, 0.05) is 5.56 Å². The van der Waals surface area contributed by atoms with E-state index in [0.717, 1.165) is 16.4 Å². The van der Waals surface area contributed by atoms with E-state index in [-0.39, 0.29) is 4.77 Å². The van der Waals surface area contributed by atoms with Crippen LogP contribution in [0.25, 0.3) is 0 Å². The molecule has 2 rings (SSSR count). The molecule has 0 aliphatic carbocycles. The van der Waals surface area contributed by atoms with Gasteiger partial charge in [0.05, 0.1) is 12.8 Å². The molecule has 0 bridgehead atoms. The molecule has 0 saturated heterocycles. The summed E-state index contributed by atoms with van der Waals surface area (Å²) in [6, 6.07) is 7.40. The van der Waals surface area contributed by atoms with E-state index < -0.39 is 5.56 Å². The predicted octanol–water partition coefficient (Wildman–Crippen LogP) is 1.58. The third-order valence-corrected chi connectivity index (χ3v) is 2.53. The van der Waals surface area contributed by atoms with Crippen LogP contribution >= 0.6 is 12.2 Å². The molecule has 1 aromatic carbocycles. The lowest BCUT2D eigenvalue weighted by atomic mass is 10.2. The summed E-state index contributed by atoms with van der Waals surface area (Å²) in [7, 11) is 0. The van der Waals surface area contributed by atoms with Crippen molar-refractivity contribution >= 4 is 18.4 Å². The van der Waals surface area contributed by atoms with Gasteiger partial charge in [0.1, 0.15) is 11.9 Å². The number of benzene rings is 1. The van der Waals surface area contributed by atoms with Crippen LogP contribution in [0.3, 0.4) is 0 Å². The Morgan fingerprint density at radius 3 is 3.05 bits per heavy atom. The summed E-state index contributed by atoms with van der Waals surface area (Å²) in [6.45, 7) is 2.46. The normalized spacial score (nSPS) is 10.8. The van der Waals surface area contributed by atoms with Crippen molar-refractivity contribution in [2.45, 2.75) is 6.92 Å². The molecule has 7 heteroatoms. The Balaban J connectivity index is 2.38. The van der Waals surface area contributed by atoms with Crippen LogP contribution in [-0.4, -0.2) is 27.7 Å². The average molecular weight is 276 g/mol. The number of H-pyrrole nitrogens is 1. The zero-order valence-corrected chi connectivity index (χ0v) is 11.1. The average Bonchev–Trinajstić information content (AvgIpc) is 2.40. The molecule has 0 aliphatic rings. The Morgan fingerprint density at radius 1 is 1.53 bits per heavy atom. The van der Waals surface area contributed by atoms with Gasteiger partial charge in [-0.2, -0.15) is 14.9 Å². The van der Waals surface area contributed by atoms with E-state index in [9.17, 15) is 4.79 Å². The lowest BCUT2D eigenvalue weighted by molar-refractivity contribution is 0.340. The molecule has 0 radical (unpaired) electrons. The fraction of sp³-hybridized carbons (Fsp3) is 0.167. The number of hydrogen-bond acceptors (Lipinski definition) is 5. The summed E-state index contributed by atoms with van der Waals surface area (Å²) < 4.78 is 6.66. The number of aromatic nitrogens is 3. The lowest BCUT2D eigenvalue weighted by Crippen LogP contribution is -2.18. The zero-order chi connectivity index (χ0) is 13.7. The molecule has 6 nitrogen and oxygen atoms in total. The van der Waals surface area contributed by atoms with Crippen molar-refractivity contribution < 1.29 is 4.74 Å². The van der Waals surface area contributed by atoms with Gasteiger partial charge < -0.3 is 4.74 Å². The smallest absolute Gasteiger partial charge is 0.293 e. The highest BCUT2D eigenvalue weighted by atomic mass is 32.1. The predicted molar refractivity (Wildman–Crippen MR) is 74.3 cm³/mol. The molecule has 1 heterocycles. The number of para-hydroxylation sites is 1. The van der Waals surface area contributed by atoms with Crippen LogP contribution in [0.1, 0.15) is 12.5 Å². The second-order valence-electron chi connectivity index (χ2n) is 3.54. The number of rotatable bonds is 4. The standard InChI is InChI=1S/C12H12N4O2S/c1-2-18-10-6-4-3-5-9(10)7-14-16-11(17)8-13-15-12(16)19/h3-8H,2H2,1H3,(H,15,19)/b14-7+. The highest BCUT2D eigenvalue weighted by Crippen LogP contribution is 2.15. The maximum atomic E-state index is 11.5. The van der Waals surface area contributed by atoms with Crippen LogP contribution in [0.5, 0.6) is 5.75 Å². The first-order chi connectivity index (χ1) is 9.22. The van der Waals surface area contributed by atoms with Gasteiger partial charge >= 0.3 is 0 Å². The molecule has 19 heavy (non-hydrogen) atoms. The third kappa shape index (κ3) is 3.14. The van der Waals surface area contributed by atoms with Gasteiger partial charge in [0.25, 0.3) is 5.56 Å². The molecule has 0 saturated carbocycles. The van der Waals surface area contributed by atoms with E-state index in [1.807, 2.05) is 31.2 Å². The zero-order valence-electron chi connectivity index (χ0n) is 10.2. The second kappa shape index (κ2) is 6.05. The van der Waals surface area contributed by atoms with E-state index in [1.54, 1.807) is 0 Å². The lowest BCUT2D eigenvalue weighted by Gasteiger charge is -2.05. The molecule has 2 aromatic rings. The van der Waals surface area contributed by atoms with Crippen molar-refractivity contribution in [1.29, 1.82) is 0 Å². The van der Waals surface area contributed by atoms with Gasteiger partial charge in [-0.3, -0.25) is 9.89 Å². The third-order valence-electron chi connectivity index (χ3n) is 2.27. The van der Waals surface area contributed by atoms with Gasteiger partial charge in [0.2, 0.25) is 4.77 Å². The summed E-state index contributed by atoms with van der Waals surface area (Å²) in [4.78, 5) is 11.5. The van der Waals surface area contributed by atoms with Crippen molar-refractivity contribution in [2.75, 3.05) is 6.61 Å². The van der Waals surface area contributed by atoms with E-state index in [2.05, 4.69) is 15.3 Å². The molecular weight excluding hydrogens is 264 g/mol. The van der Waals surface area contributed by atoms with Crippen LogP contribution < -0.4 is 10.3 Å². The van der Waals surface area contributed by atoms with Crippen LogP contribution in [0.2, 0.25) is 0 Å². The summed E-state index contributed by atoms with van der Waals surface area (Å²) >= 11 is 4.94. The van der Waals surface area contributed by atoms with Crippen LogP contribution in [0.4, 0.5) is 0 Å². The van der Waals surface area contributed by atoms with Crippen molar-refractivity contribution in [3.8, 4) is 5.75 Å². The van der Waals surface area contributed by atoms with Gasteiger partial charge in [-0.25, -0.2) is 0 Å². The topological polar surface area (TPSA) is 72.3 Å². The SMILES string of the molecule is CCOc1ccccc1/C=N/n1c(=O)cn[nH]c1=S. The molecule has 0 aliphatic heterocycles. The molecule has 98 valence electrons. The molecule has 0 atom stereocenters. The van der Waals surface area contributed by atoms with E-state index in [4.69, 9.17) is 17.0 Å². The Kier molecular flexibility index (Phi) is 4.19. The summed E-state index contributed by atoms with van der Waals surface area (Å²) in [5.74, 6) is 0.700. The number of nitrogens with one attached hydrogen (secondary N) is 1. The maximum Gasteiger partial charge on any atom is 0.293 e. The van der Waals surface area contributed by atoms with E-state index in [1.165, 1.54) is 6.21 Å². The number of nitrogens with zero attached hydrogens (tertiary/aromatic N) is 3. The highest BCUT2D eigenvalue weighted by molar-refractivity contribution is 7.71. The van der Waals surface area contributed by atoms with Crippen molar-refractivity contribution in [2.24, 2.45) is 5.10 Å². The fourth-order valence-corrected chi connectivity index (χ4v) is 1.64. The first kappa shape index (κ1) is 13.2. The van der Waals surface area contributed by atoms with Gasteiger partial charge in [-0.1, -0.05) is 12.1 Å². The van der Waals surface area contributed by atoms with E-state index in [0.29, 0.717) is 12.4 Å². The molecule has 0 unspecified atom stereocenters.